The summed E-state index contributed by atoms with van der Waals surface area (Å²) >= 11 is 0. The zero-order valence-corrected chi connectivity index (χ0v) is 13.2. The first-order valence-electron chi connectivity index (χ1n) is 6.80. The summed E-state index contributed by atoms with van der Waals surface area (Å²) in [6.07, 6.45) is 4.52. The molecular weight excluding hydrogens is 300 g/mol. The molecule has 1 aliphatic rings. The van der Waals surface area contributed by atoms with Gasteiger partial charge in [-0.1, -0.05) is 0 Å². The fraction of sp³-hybridized carbons (Fsp3) is 0.615. The molecular formula is C13H19ClN2O3S. The fourth-order valence-electron chi connectivity index (χ4n) is 2.60. The molecule has 0 bridgehead atoms. The van der Waals surface area contributed by atoms with Gasteiger partial charge in [0.15, 0.2) is 0 Å². The molecule has 0 radical (unpaired) electrons. The number of amides is 1. The molecule has 2 heterocycles. The van der Waals surface area contributed by atoms with Gasteiger partial charge in [0.05, 0.1) is 0 Å². The standard InChI is InChI=1S/C13H19ClN2O3S/c1-3-15-9-11(20(14,18)19)8-12(15)13(17)16-7-5-4-6-10(16)2/h8-10H,3-7H2,1-2H3. The Hall–Kier alpha value is -1.01. The molecule has 0 spiro atoms. The zero-order chi connectivity index (χ0) is 14.9. The number of halogens is 1. The maximum absolute atomic E-state index is 12.6. The lowest BCUT2D eigenvalue weighted by atomic mass is 10.0. The summed E-state index contributed by atoms with van der Waals surface area (Å²) in [4.78, 5) is 14.4. The topological polar surface area (TPSA) is 59.4 Å². The van der Waals surface area contributed by atoms with Gasteiger partial charge in [0.25, 0.3) is 15.0 Å². The second-order valence-electron chi connectivity index (χ2n) is 5.13. The number of hydrogen-bond donors (Lipinski definition) is 0. The SMILES string of the molecule is CCn1cc(S(=O)(=O)Cl)cc1C(=O)N1CCCCC1C. The molecule has 0 aromatic carbocycles. The summed E-state index contributed by atoms with van der Waals surface area (Å²) in [5.41, 5.74) is 0.389. The highest BCUT2D eigenvalue weighted by Gasteiger charge is 2.27. The van der Waals surface area contributed by atoms with Crippen LogP contribution in [0.15, 0.2) is 17.2 Å². The van der Waals surface area contributed by atoms with E-state index < -0.39 is 9.05 Å². The molecule has 0 saturated carbocycles. The van der Waals surface area contributed by atoms with Crippen molar-refractivity contribution in [1.29, 1.82) is 0 Å². The van der Waals surface area contributed by atoms with Crippen LogP contribution < -0.4 is 0 Å². The fourth-order valence-corrected chi connectivity index (χ4v) is 3.36. The van der Waals surface area contributed by atoms with E-state index in [1.54, 1.807) is 4.57 Å². The minimum absolute atomic E-state index is 0.0194. The summed E-state index contributed by atoms with van der Waals surface area (Å²) in [6, 6.07) is 1.56. The highest BCUT2D eigenvalue weighted by atomic mass is 35.7. The summed E-state index contributed by atoms with van der Waals surface area (Å²) in [6.45, 7) is 5.13. The lowest BCUT2D eigenvalue weighted by Crippen LogP contribution is -2.42. The normalized spacial score (nSPS) is 20.1. The molecule has 1 atom stereocenters. The largest absolute Gasteiger partial charge is 0.342 e. The Balaban J connectivity index is 2.36. The van der Waals surface area contributed by atoms with Crippen LogP contribution in [0.25, 0.3) is 0 Å². The molecule has 0 aliphatic carbocycles. The van der Waals surface area contributed by atoms with Crippen molar-refractivity contribution in [2.75, 3.05) is 6.54 Å². The quantitative estimate of drug-likeness (QED) is 0.804. The first-order valence-corrected chi connectivity index (χ1v) is 9.11. The van der Waals surface area contributed by atoms with E-state index in [-0.39, 0.29) is 16.8 Å². The lowest BCUT2D eigenvalue weighted by molar-refractivity contribution is 0.0624. The first-order chi connectivity index (χ1) is 9.34. The molecule has 7 heteroatoms. The average Bonchev–Trinajstić information content (AvgIpc) is 2.82. The predicted octanol–water partition coefficient (Wildman–Crippen LogP) is 2.45. The van der Waals surface area contributed by atoms with Crippen molar-refractivity contribution in [1.82, 2.24) is 9.47 Å². The van der Waals surface area contributed by atoms with Crippen molar-refractivity contribution in [3.63, 3.8) is 0 Å². The minimum Gasteiger partial charge on any atom is -0.342 e. The Morgan fingerprint density at radius 1 is 1.45 bits per heavy atom. The number of aryl methyl sites for hydroxylation is 1. The van der Waals surface area contributed by atoms with E-state index in [4.69, 9.17) is 10.7 Å². The third kappa shape index (κ3) is 3.01. The number of carbonyl (C=O) groups excluding carboxylic acids is 1. The van der Waals surface area contributed by atoms with E-state index in [0.29, 0.717) is 12.2 Å². The van der Waals surface area contributed by atoms with E-state index in [2.05, 4.69) is 0 Å². The molecule has 0 N–H and O–H groups in total. The van der Waals surface area contributed by atoms with Crippen LogP contribution in [0.2, 0.25) is 0 Å². The zero-order valence-electron chi connectivity index (χ0n) is 11.7. The van der Waals surface area contributed by atoms with Gasteiger partial charge in [-0.25, -0.2) is 8.42 Å². The van der Waals surface area contributed by atoms with E-state index in [0.717, 1.165) is 25.8 Å². The number of aromatic nitrogens is 1. The number of rotatable bonds is 3. The van der Waals surface area contributed by atoms with Gasteiger partial charge in [-0.05, 0) is 39.2 Å². The summed E-state index contributed by atoms with van der Waals surface area (Å²) in [5.74, 6) is -0.120. The average molecular weight is 319 g/mol. The lowest BCUT2D eigenvalue weighted by Gasteiger charge is -2.33. The highest BCUT2D eigenvalue weighted by molar-refractivity contribution is 8.13. The van der Waals surface area contributed by atoms with Crippen molar-refractivity contribution in [3.8, 4) is 0 Å². The van der Waals surface area contributed by atoms with Gasteiger partial charge in [-0.15, -0.1) is 0 Å². The van der Waals surface area contributed by atoms with Gasteiger partial charge < -0.3 is 9.47 Å². The molecule has 1 saturated heterocycles. The van der Waals surface area contributed by atoms with Crippen molar-refractivity contribution in [3.05, 3.63) is 18.0 Å². The van der Waals surface area contributed by atoms with Crippen LogP contribution in [-0.2, 0) is 15.6 Å². The molecule has 112 valence electrons. The summed E-state index contributed by atoms with van der Waals surface area (Å²) in [5, 5.41) is 0. The van der Waals surface area contributed by atoms with Crippen molar-refractivity contribution >= 4 is 25.6 Å². The Morgan fingerprint density at radius 2 is 2.15 bits per heavy atom. The molecule has 1 aromatic heterocycles. The van der Waals surface area contributed by atoms with Crippen LogP contribution in [0.1, 0.15) is 43.6 Å². The molecule has 1 fully saturated rings. The minimum atomic E-state index is -3.81. The smallest absolute Gasteiger partial charge is 0.270 e. The van der Waals surface area contributed by atoms with Gasteiger partial charge >= 0.3 is 0 Å². The maximum Gasteiger partial charge on any atom is 0.270 e. The van der Waals surface area contributed by atoms with Gasteiger partial charge in [0, 0.05) is 36.0 Å². The Labute approximate surface area is 123 Å². The molecule has 1 amide bonds. The van der Waals surface area contributed by atoms with E-state index >= 15 is 0 Å². The Morgan fingerprint density at radius 3 is 2.70 bits per heavy atom. The molecule has 2 rings (SSSR count). The van der Waals surface area contributed by atoms with Crippen LogP contribution in [-0.4, -0.2) is 36.4 Å². The van der Waals surface area contributed by atoms with Crippen LogP contribution in [0, 0.1) is 0 Å². The van der Waals surface area contributed by atoms with Crippen LogP contribution in [0.5, 0.6) is 0 Å². The molecule has 1 aliphatic heterocycles. The van der Waals surface area contributed by atoms with E-state index in [9.17, 15) is 13.2 Å². The monoisotopic (exact) mass is 318 g/mol. The van der Waals surface area contributed by atoms with Crippen molar-refractivity contribution < 1.29 is 13.2 Å². The van der Waals surface area contributed by atoms with Gasteiger partial charge in [-0.2, -0.15) is 0 Å². The molecule has 1 unspecified atom stereocenters. The molecule has 20 heavy (non-hydrogen) atoms. The second kappa shape index (κ2) is 5.77. The Bertz CT molecular complexity index is 609. The molecule has 1 aromatic rings. The predicted molar refractivity (Wildman–Crippen MR) is 77.5 cm³/mol. The number of nitrogens with zero attached hydrogens (tertiary/aromatic N) is 2. The third-order valence-electron chi connectivity index (χ3n) is 3.78. The summed E-state index contributed by atoms with van der Waals surface area (Å²) in [7, 11) is 1.54. The van der Waals surface area contributed by atoms with Crippen molar-refractivity contribution in [2.45, 2.75) is 50.6 Å². The number of likely N-dealkylation sites (tertiary alicyclic amines) is 1. The number of carbonyl (C=O) groups is 1. The van der Waals surface area contributed by atoms with E-state index in [1.165, 1.54) is 12.3 Å². The van der Waals surface area contributed by atoms with E-state index in [1.807, 2.05) is 18.7 Å². The van der Waals surface area contributed by atoms with Crippen molar-refractivity contribution in [2.24, 2.45) is 0 Å². The second-order valence-corrected chi connectivity index (χ2v) is 7.69. The van der Waals surface area contributed by atoms with Crippen LogP contribution in [0.4, 0.5) is 0 Å². The first kappa shape index (κ1) is 15.4. The van der Waals surface area contributed by atoms with Gasteiger partial charge in [0.1, 0.15) is 10.6 Å². The maximum atomic E-state index is 12.6. The Kier molecular flexibility index (Phi) is 4.44. The van der Waals surface area contributed by atoms with Crippen LogP contribution >= 0.6 is 10.7 Å². The van der Waals surface area contributed by atoms with Gasteiger partial charge in [0.2, 0.25) is 0 Å². The number of piperidine rings is 1. The third-order valence-corrected chi connectivity index (χ3v) is 5.10. The number of hydrogen-bond acceptors (Lipinski definition) is 3. The van der Waals surface area contributed by atoms with Gasteiger partial charge in [-0.3, -0.25) is 4.79 Å². The molecule has 5 nitrogen and oxygen atoms in total. The summed E-state index contributed by atoms with van der Waals surface area (Å²) < 4.78 is 24.4. The highest BCUT2D eigenvalue weighted by Crippen LogP contribution is 2.23. The van der Waals surface area contributed by atoms with Crippen LogP contribution in [0.3, 0.4) is 0 Å².